The molecule has 0 spiro atoms. The zero-order valence-corrected chi connectivity index (χ0v) is 22.5. The number of carbonyl (C=O) groups excluding carboxylic acids is 1. The summed E-state index contributed by atoms with van der Waals surface area (Å²) >= 11 is 5.29. The molecule has 0 radical (unpaired) electrons. The fourth-order valence-corrected chi connectivity index (χ4v) is 4.07. The van der Waals surface area contributed by atoms with Crippen LogP contribution in [0.15, 0.2) is 24.3 Å². The third kappa shape index (κ3) is 16.0. The van der Waals surface area contributed by atoms with E-state index in [2.05, 4.69) is 17.6 Å². The molecule has 0 aromatic heterocycles. The molecule has 0 saturated carbocycles. The van der Waals surface area contributed by atoms with Crippen molar-refractivity contribution in [2.24, 2.45) is 0 Å². The van der Waals surface area contributed by atoms with E-state index in [9.17, 15) is 4.79 Å². The Morgan fingerprint density at radius 3 is 1.94 bits per heavy atom. The molecule has 0 saturated heterocycles. The van der Waals surface area contributed by atoms with E-state index in [-0.39, 0.29) is 5.91 Å². The summed E-state index contributed by atoms with van der Waals surface area (Å²) in [5, 5.41) is 6.27. The van der Waals surface area contributed by atoms with Gasteiger partial charge < -0.3 is 14.8 Å². The Hall–Kier alpha value is -1.66. The highest BCUT2D eigenvalue weighted by Gasteiger charge is 2.13. The first-order valence-electron chi connectivity index (χ1n) is 13.6. The SMILES string of the molecule is CCCCCCCCCCCCCCCCNC(=S)NC(=O)c1ccccc1OCCOCC. The molecule has 5 nitrogen and oxygen atoms in total. The quantitative estimate of drug-likeness (QED) is 0.140. The summed E-state index contributed by atoms with van der Waals surface area (Å²) in [6.07, 6.45) is 18.8. The Balaban J connectivity index is 2.03. The minimum Gasteiger partial charge on any atom is -0.490 e. The Kier molecular flexibility index (Phi) is 19.5. The van der Waals surface area contributed by atoms with E-state index < -0.39 is 0 Å². The molecule has 2 N–H and O–H groups in total. The van der Waals surface area contributed by atoms with Crippen molar-refractivity contribution < 1.29 is 14.3 Å². The van der Waals surface area contributed by atoms with Crippen molar-refractivity contribution in [3.8, 4) is 5.75 Å². The lowest BCUT2D eigenvalue weighted by Gasteiger charge is -2.13. The van der Waals surface area contributed by atoms with Crippen molar-refractivity contribution in [1.29, 1.82) is 0 Å². The second-order valence-electron chi connectivity index (χ2n) is 8.85. The molecule has 0 bridgehead atoms. The normalized spacial score (nSPS) is 10.8. The number of hydrogen-bond donors (Lipinski definition) is 2. The summed E-state index contributed by atoms with van der Waals surface area (Å²) in [6, 6.07) is 7.18. The van der Waals surface area contributed by atoms with E-state index >= 15 is 0 Å². The van der Waals surface area contributed by atoms with Crippen LogP contribution in [-0.4, -0.2) is 37.4 Å². The maximum Gasteiger partial charge on any atom is 0.261 e. The average molecular weight is 493 g/mol. The third-order valence-corrected chi connectivity index (χ3v) is 6.11. The summed E-state index contributed by atoms with van der Waals surface area (Å²) in [5.41, 5.74) is 0.472. The van der Waals surface area contributed by atoms with E-state index in [4.69, 9.17) is 21.7 Å². The predicted octanol–water partition coefficient (Wildman–Crippen LogP) is 7.19. The molecule has 0 aliphatic rings. The van der Waals surface area contributed by atoms with Gasteiger partial charge in [0, 0.05) is 13.2 Å². The number of benzene rings is 1. The summed E-state index contributed by atoms with van der Waals surface area (Å²) in [5.74, 6) is 0.278. The lowest BCUT2D eigenvalue weighted by molar-refractivity contribution is 0.0957. The Morgan fingerprint density at radius 2 is 1.35 bits per heavy atom. The molecule has 194 valence electrons. The van der Waals surface area contributed by atoms with Crippen LogP contribution in [0.3, 0.4) is 0 Å². The van der Waals surface area contributed by atoms with Gasteiger partial charge in [-0.1, -0.05) is 103 Å². The third-order valence-electron chi connectivity index (χ3n) is 5.86. The lowest BCUT2D eigenvalue weighted by Crippen LogP contribution is -2.39. The van der Waals surface area contributed by atoms with E-state index in [0.29, 0.717) is 36.2 Å². The number of rotatable bonds is 21. The van der Waals surface area contributed by atoms with Gasteiger partial charge in [-0.05, 0) is 37.7 Å². The van der Waals surface area contributed by atoms with Crippen LogP contribution in [0.25, 0.3) is 0 Å². The first-order valence-corrected chi connectivity index (χ1v) is 14.0. The molecule has 0 heterocycles. The van der Waals surface area contributed by atoms with Gasteiger partial charge in [-0.25, -0.2) is 0 Å². The van der Waals surface area contributed by atoms with Gasteiger partial charge in [0.05, 0.1) is 12.2 Å². The summed E-state index contributed by atoms with van der Waals surface area (Å²) < 4.78 is 11.0. The highest BCUT2D eigenvalue weighted by atomic mass is 32.1. The number of para-hydroxylation sites is 1. The summed E-state index contributed by atoms with van der Waals surface area (Å²) in [7, 11) is 0. The molecular formula is C28H48N2O3S. The van der Waals surface area contributed by atoms with E-state index in [1.807, 2.05) is 19.1 Å². The minimum atomic E-state index is -0.259. The average Bonchev–Trinajstić information content (AvgIpc) is 2.84. The number of unbranched alkanes of at least 4 members (excludes halogenated alkanes) is 13. The largest absolute Gasteiger partial charge is 0.490 e. The van der Waals surface area contributed by atoms with Crippen molar-refractivity contribution in [3.63, 3.8) is 0 Å². The zero-order chi connectivity index (χ0) is 24.7. The molecule has 0 aliphatic carbocycles. The number of thiocarbonyl (C=S) groups is 1. The Bertz CT molecular complexity index is 654. The smallest absolute Gasteiger partial charge is 0.261 e. The highest BCUT2D eigenvalue weighted by Crippen LogP contribution is 2.18. The minimum absolute atomic E-state index is 0.259. The van der Waals surface area contributed by atoms with Crippen LogP contribution in [0.1, 0.15) is 114 Å². The fourth-order valence-electron chi connectivity index (χ4n) is 3.87. The Morgan fingerprint density at radius 1 is 0.794 bits per heavy atom. The van der Waals surface area contributed by atoms with Crippen LogP contribution in [0.5, 0.6) is 5.75 Å². The first kappa shape index (κ1) is 30.4. The molecule has 0 aliphatic heterocycles. The summed E-state index contributed by atoms with van der Waals surface area (Å²) in [6.45, 7) is 6.53. The van der Waals surface area contributed by atoms with Crippen molar-refractivity contribution in [2.75, 3.05) is 26.4 Å². The van der Waals surface area contributed by atoms with E-state index in [0.717, 1.165) is 13.0 Å². The molecular weight excluding hydrogens is 444 g/mol. The van der Waals surface area contributed by atoms with Crippen molar-refractivity contribution in [2.45, 2.75) is 104 Å². The van der Waals surface area contributed by atoms with Gasteiger partial charge in [0.15, 0.2) is 5.11 Å². The maximum absolute atomic E-state index is 12.6. The molecule has 1 amide bonds. The highest BCUT2D eigenvalue weighted by molar-refractivity contribution is 7.80. The van der Waals surface area contributed by atoms with Gasteiger partial charge in [0.1, 0.15) is 12.4 Å². The fraction of sp³-hybridized carbons (Fsp3) is 0.714. The van der Waals surface area contributed by atoms with Gasteiger partial charge >= 0.3 is 0 Å². The zero-order valence-electron chi connectivity index (χ0n) is 21.7. The standard InChI is InChI=1S/C28H48N2O3S/c1-3-5-6-7-8-9-10-11-12-13-14-15-16-19-22-29-28(34)30-27(31)25-20-17-18-21-26(25)33-24-23-32-4-2/h17-18,20-21H,3-16,19,22-24H2,1-2H3,(H2,29,30,31,34). The van der Waals surface area contributed by atoms with Crippen LogP contribution in [0.4, 0.5) is 0 Å². The topological polar surface area (TPSA) is 59.6 Å². The van der Waals surface area contributed by atoms with Gasteiger partial charge in [-0.15, -0.1) is 0 Å². The van der Waals surface area contributed by atoms with E-state index in [1.54, 1.807) is 12.1 Å². The van der Waals surface area contributed by atoms with Gasteiger partial charge in [0.2, 0.25) is 0 Å². The monoisotopic (exact) mass is 492 g/mol. The van der Waals surface area contributed by atoms with Crippen molar-refractivity contribution in [3.05, 3.63) is 29.8 Å². The maximum atomic E-state index is 12.6. The van der Waals surface area contributed by atoms with Crippen LogP contribution in [0.2, 0.25) is 0 Å². The molecule has 34 heavy (non-hydrogen) atoms. The van der Waals surface area contributed by atoms with Crippen molar-refractivity contribution in [1.82, 2.24) is 10.6 Å². The predicted molar refractivity (Wildman–Crippen MR) is 147 cm³/mol. The van der Waals surface area contributed by atoms with Gasteiger partial charge in [0.25, 0.3) is 5.91 Å². The second kappa shape index (κ2) is 21.8. The van der Waals surface area contributed by atoms with E-state index in [1.165, 1.54) is 83.5 Å². The molecule has 1 aromatic rings. The van der Waals surface area contributed by atoms with Gasteiger partial charge in [-0.2, -0.15) is 0 Å². The number of carbonyl (C=O) groups is 1. The van der Waals surface area contributed by atoms with Crippen LogP contribution >= 0.6 is 12.2 Å². The molecule has 0 atom stereocenters. The van der Waals surface area contributed by atoms with Crippen molar-refractivity contribution >= 4 is 23.2 Å². The number of hydrogen-bond acceptors (Lipinski definition) is 4. The molecule has 0 fully saturated rings. The first-order chi connectivity index (χ1) is 16.7. The number of ether oxygens (including phenoxy) is 2. The number of amides is 1. The van der Waals surface area contributed by atoms with Crippen LogP contribution in [0, 0.1) is 0 Å². The second-order valence-corrected chi connectivity index (χ2v) is 9.26. The molecule has 0 unspecified atom stereocenters. The molecule has 1 aromatic carbocycles. The van der Waals surface area contributed by atoms with Gasteiger partial charge in [-0.3, -0.25) is 10.1 Å². The van der Waals surface area contributed by atoms with Crippen LogP contribution < -0.4 is 15.4 Å². The van der Waals surface area contributed by atoms with Crippen LogP contribution in [-0.2, 0) is 4.74 Å². The lowest BCUT2D eigenvalue weighted by atomic mass is 10.0. The Labute approximate surface area is 213 Å². The summed E-state index contributed by atoms with van der Waals surface area (Å²) in [4.78, 5) is 12.6. The molecule has 1 rings (SSSR count). The molecule has 6 heteroatoms. The number of nitrogens with one attached hydrogen (secondary N) is 2.